The summed E-state index contributed by atoms with van der Waals surface area (Å²) in [5, 5.41) is 0. The standard InChI is InChI=1S/C13H15BrN2O3S/c1-9-12(14)4-11(6-15)5-13(9)20(17,18)16-7-10-2-3-19-8-10/h2-5,8,16H,6-7,15H2,1H3. The molecule has 7 heteroatoms. The number of nitrogens with one attached hydrogen (secondary N) is 1. The smallest absolute Gasteiger partial charge is 0.241 e. The zero-order chi connectivity index (χ0) is 14.8. The lowest BCUT2D eigenvalue weighted by Gasteiger charge is -2.12. The molecule has 0 amide bonds. The van der Waals surface area contributed by atoms with E-state index >= 15 is 0 Å². The summed E-state index contributed by atoms with van der Waals surface area (Å²) in [6, 6.07) is 5.13. The molecule has 20 heavy (non-hydrogen) atoms. The van der Waals surface area contributed by atoms with E-state index in [4.69, 9.17) is 10.2 Å². The summed E-state index contributed by atoms with van der Waals surface area (Å²) in [4.78, 5) is 0.232. The first kappa shape index (κ1) is 15.2. The quantitative estimate of drug-likeness (QED) is 0.858. The van der Waals surface area contributed by atoms with Crippen LogP contribution in [-0.4, -0.2) is 8.42 Å². The molecule has 1 aromatic carbocycles. The first-order chi connectivity index (χ1) is 9.44. The van der Waals surface area contributed by atoms with E-state index in [9.17, 15) is 8.42 Å². The highest BCUT2D eigenvalue weighted by atomic mass is 79.9. The Morgan fingerprint density at radius 3 is 2.70 bits per heavy atom. The highest BCUT2D eigenvalue weighted by molar-refractivity contribution is 9.10. The van der Waals surface area contributed by atoms with Crippen molar-refractivity contribution in [3.8, 4) is 0 Å². The third-order valence-electron chi connectivity index (χ3n) is 2.93. The molecule has 0 radical (unpaired) electrons. The van der Waals surface area contributed by atoms with Crippen LogP contribution in [0.5, 0.6) is 0 Å². The number of furan rings is 1. The number of nitrogens with two attached hydrogens (primary N) is 1. The van der Waals surface area contributed by atoms with Crippen LogP contribution in [0.2, 0.25) is 0 Å². The van der Waals surface area contributed by atoms with Gasteiger partial charge in [0.05, 0.1) is 17.4 Å². The summed E-state index contributed by atoms with van der Waals surface area (Å²) in [5.74, 6) is 0. The summed E-state index contributed by atoms with van der Waals surface area (Å²) < 4.78 is 32.9. The molecule has 0 atom stereocenters. The monoisotopic (exact) mass is 358 g/mol. The topological polar surface area (TPSA) is 85.3 Å². The summed E-state index contributed by atoms with van der Waals surface area (Å²) in [6.45, 7) is 2.21. The third-order valence-corrected chi connectivity index (χ3v) is 5.28. The van der Waals surface area contributed by atoms with Gasteiger partial charge >= 0.3 is 0 Å². The van der Waals surface area contributed by atoms with E-state index in [-0.39, 0.29) is 18.0 Å². The van der Waals surface area contributed by atoms with Gasteiger partial charge in [-0.3, -0.25) is 0 Å². The molecule has 0 aliphatic heterocycles. The average molecular weight is 359 g/mol. The number of benzene rings is 1. The second-order valence-electron chi connectivity index (χ2n) is 4.36. The second-order valence-corrected chi connectivity index (χ2v) is 6.95. The molecule has 0 bridgehead atoms. The van der Waals surface area contributed by atoms with E-state index in [2.05, 4.69) is 20.7 Å². The van der Waals surface area contributed by atoms with Crippen molar-refractivity contribution in [2.75, 3.05) is 0 Å². The molecular weight excluding hydrogens is 344 g/mol. The van der Waals surface area contributed by atoms with Gasteiger partial charge in [-0.05, 0) is 36.2 Å². The van der Waals surface area contributed by atoms with Gasteiger partial charge in [0, 0.05) is 23.1 Å². The zero-order valence-corrected chi connectivity index (χ0v) is 13.3. The Balaban J connectivity index is 2.31. The van der Waals surface area contributed by atoms with Gasteiger partial charge in [0.25, 0.3) is 0 Å². The Bertz CT molecular complexity index is 697. The molecule has 2 rings (SSSR count). The normalized spacial score (nSPS) is 11.8. The Labute approximate surface area is 126 Å². The maximum absolute atomic E-state index is 12.4. The second kappa shape index (κ2) is 6.09. The first-order valence-electron chi connectivity index (χ1n) is 5.94. The van der Waals surface area contributed by atoms with Crippen LogP contribution in [0, 0.1) is 6.92 Å². The summed E-state index contributed by atoms with van der Waals surface area (Å²) in [6.07, 6.45) is 3.00. The number of hydrogen-bond donors (Lipinski definition) is 2. The van der Waals surface area contributed by atoms with Crippen LogP contribution in [0.25, 0.3) is 0 Å². The summed E-state index contributed by atoms with van der Waals surface area (Å²) >= 11 is 3.36. The Morgan fingerprint density at radius 2 is 2.10 bits per heavy atom. The number of hydrogen-bond acceptors (Lipinski definition) is 4. The molecule has 0 unspecified atom stereocenters. The number of rotatable bonds is 5. The van der Waals surface area contributed by atoms with E-state index in [1.54, 1.807) is 19.1 Å². The molecule has 0 spiro atoms. The summed E-state index contributed by atoms with van der Waals surface area (Å²) in [7, 11) is -3.60. The van der Waals surface area contributed by atoms with Gasteiger partial charge in [0.2, 0.25) is 10.0 Å². The average Bonchev–Trinajstić information content (AvgIpc) is 2.92. The highest BCUT2D eigenvalue weighted by Crippen LogP contribution is 2.25. The van der Waals surface area contributed by atoms with Crippen molar-refractivity contribution in [1.82, 2.24) is 4.72 Å². The van der Waals surface area contributed by atoms with E-state index in [1.807, 2.05) is 6.07 Å². The Hall–Kier alpha value is -1.15. The van der Waals surface area contributed by atoms with Crippen LogP contribution in [-0.2, 0) is 23.1 Å². The van der Waals surface area contributed by atoms with Gasteiger partial charge in [-0.15, -0.1) is 0 Å². The molecule has 108 valence electrons. The molecular formula is C13H15BrN2O3S. The highest BCUT2D eigenvalue weighted by Gasteiger charge is 2.19. The number of sulfonamides is 1. The minimum atomic E-state index is -3.60. The van der Waals surface area contributed by atoms with Crippen molar-refractivity contribution in [3.63, 3.8) is 0 Å². The predicted molar refractivity (Wildman–Crippen MR) is 79.5 cm³/mol. The maximum Gasteiger partial charge on any atom is 0.241 e. The molecule has 0 saturated carbocycles. The lowest BCUT2D eigenvalue weighted by atomic mass is 10.1. The van der Waals surface area contributed by atoms with Gasteiger partial charge in [0.1, 0.15) is 0 Å². The summed E-state index contributed by atoms with van der Waals surface area (Å²) in [5.41, 5.74) is 7.76. The van der Waals surface area contributed by atoms with Gasteiger partial charge < -0.3 is 10.2 Å². The minimum absolute atomic E-state index is 0.183. The van der Waals surface area contributed by atoms with Crippen molar-refractivity contribution in [2.45, 2.75) is 24.9 Å². The van der Waals surface area contributed by atoms with Crippen LogP contribution in [0.1, 0.15) is 16.7 Å². The molecule has 0 saturated heterocycles. The molecule has 0 fully saturated rings. The Morgan fingerprint density at radius 1 is 1.35 bits per heavy atom. The van der Waals surface area contributed by atoms with Crippen molar-refractivity contribution < 1.29 is 12.8 Å². The third kappa shape index (κ3) is 3.29. The fraction of sp³-hybridized carbons (Fsp3) is 0.231. The molecule has 1 heterocycles. The van der Waals surface area contributed by atoms with Crippen molar-refractivity contribution in [3.05, 3.63) is 51.9 Å². The van der Waals surface area contributed by atoms with Crippen LogP contribution in [0.4, 0.5) is 0 Å². The largest absolute Gasteiger partial charge is 0.472 e. The zero-order valence-electron chi connectivity index (χ0n) is 10.9. The predicted octanol–water partition coefficient (Wildman–Crippen LogP) is 2.29. The van der Waals surface area contributed by atoms with Crippen LogP contribution >= 0.6 is 15.9 Å². The van der Waals surface area contributed by atoms with E-state index in [1.165, 1.54) is 12.5 Å². The molecule has 0 aliphatic rings. The van der Waals surface area contributed by atoms with Crippen molar-refractivity contribution >= 4 is 26.0 Å². The molecule has 1 aromatic heterocycles. The SMILES string of the molecule is Cc1c(Br)cc(CN)cc1S(=O)(=O)NCc1ccoc1. The van der Waals surface area contributed by atoms with Crippen LogP contribution in [0.3, 0.4) is 0 Å². The van der Waals surface area contributed by atoms with E-state index < -0.39 is 10.0 Å². The molecule has 5 nitrogen and oxygen atoms in total. The molecule has 2 aromatic rings. The van der Waals surface area contributed by atoms with E-state index in [0.29, 0.717) is 5.56 Å². The maximum atomic E-state index is 12.4. The number of halogens is 1. The van der Waals surface area contributed by atoms with Crippen LogP contribution in [0.15, 0.2) is 44.5 Å². The lowest BCUT2D eigenvalue weighted by Crippen LogP contribution is -2.24. The molecule has 0 aliphatic carbocycles. The van der Waals surface area contributed by atoms with Gasteiger partial charge in [0.15, 0.2) is 0 Å². The first-order valence-corrected chi connectivity index (χ1v) is 8.21. The van der Waals surface area contributed by atoms with Crippen molar-refractivity contribution in [1.29, 1.82) is 0 Å². The molecule has 3 N–H and O–H groups in total. The van der Waals surface area contributed by atoms with Crippen molar-refractivity contribution in [2.24, 2.45) is 5.73 Å². The van der Waals surface area contributed by atoms with Gasteiger partial charge in [-0.1, -0.05) is 15.9 Å². The lowest BCUT2D eigenvalue weighted by molar-refractivity contribution is 0.561. The minimum Gasteiger partial charge on any atom is -0.472 e. The Kier molecular flexibility index (Phi) is 4.64. The fourth-order valence-electron chi connectivity index (χ4n) is 1.75. The van der Waals surface area contributed by atoms with E-state index in [0.717, 1.165) is 15.6 Å². The fourth-order valence-corrected chi connectivity index (χ4v) is 3.72. The van der Waals surface area contributed by atoms with Crippen LogP contribution < -0.4 is 10.5 Å². The van der Waals surface area contributed by atoms with Gasteiger partial charge in [-0.2, -0.15) is 0 Å². The van der Waals surface area contributed by atoms with Gasteiger partial charge in [-0.25, -0.2) is 13.1 Å².